The number of hydrogen-bond acceptors (Lipinski definition) is 3. The molecule has 1 fully saturated rings. The molecule has 0 aromatic heterocycles. The summed E-state index contributed by atoms with van der Waals surface area (Å²) in [4.78, 5) is 10.9. The fourth-order valence-corrected chi connectivity index (χ4v) is 1.10. The summed E-state index contributed by atoms with van der Waals surface area (Å²) in [6.07, 6.45) is 2.75. The van der Waals surface area contributed by atoms with E-state index in [0.29, 0.717) is 18.9 Å². The molecular formula is C8H16ClNO2. The maximum Gasteiger partial charge on any atom is 0.307 e. The lowest BCUT2D eigenvalue weighted by Gasteiger charge is -2.08. The van der Waals surface area contributed by atoms with E-state index in [4.69, 9.17) is 10.5 Å². The highest BCUT2D eigenvalue weighted by Gasteiger charge is 2.29. The summed E-state index contributed by atoms with van der Waals surface area (Å²) in [5.41, 5.74) is 5.71. The zero-order chi connectivity index (χ0) is 8.27. The predicted octanol–water partition coefficient (Wildman–Crippen LogP) is 1.10. The number of carbonyl (C=O) groups is 1. The van der Waals surface area contributed by atoms with Crippen LogP contribution in [0.5, 0.6) is 0 Å². The summed E-state index contributed by atoms with van der Waals surface area (Å²) >= 11 is 0. The van der Waals surface area contributed by atoms with Crippen LogP contribution in [0.3, 0.4) is 0 Å². The van der Waals surface area contributed by atoms with Crippen LogP contribution < -0.4 is 5.73 Å². The number of esters is 1. The van der Waals surface area contributed by atoms with Crippen molar-refractivity contribution in [3.63, 3.8) is 0 Å². The molecule has 72 valence electrons. The Hall–Kier alpha value is -0.280. The van der Waals surface area contributed by atoms with Crippen LogP contribution in [0.2, 0.25) is 0 Å². The molecule has 0 aromatic carbocycles. The van der Waals surface area contributed by atoms with Gasteiger partial charge in [0, 0.05) is 6.04 Å². The minimum atomic E-state index is -0.160. The van der Waals surface area contributed by atoms with E-state index in [1.54, 1.807) is 6.92 Å². The Bertz CT molecular complexity index is 148. The third-order valence-corrected chi connectivity index (χ3v) is 1.94. The lowest BCUT2D eigenvalue weighted by Crippen LogP contribution is -2.26. The van der Waals surface area contributed by atoms with Crippen molar-refractivity contribution in [3.8, 4) is 0 Å². The molecule has 12 heavy (non-hydrogen) atoms. The van der Waals surface area contributed by atoms with Crippen LogP contribution in [0.4, 0.5) is 0 Å². The third-order valence-electron chi connectivity index (χ3n) is 1.94. The van der Waals surface area contributed by atoms with Gasteiger partial charge in [0.1, 0.15) is 0 Å². The molecule has 1 rings (SSSR count). The van der Waals surface area contributed by atoms with E-state index < -0.39 is 0 Å². The maximum atomic E-state index is 10.9. The average molecular weight is 194 g/mol. The van der Waals surface area contributed by atoms with Gasteiger partial charge < -0.3 is 10.5 Å². The van der Waals surface area contributed by atoms with E-state index in [2.05, 4.69) is 0 Å². The zero-order valence-electron chi connectivity index (χ0n) is 7.29. The second-order valence-corrected chi connectivity index (χ2v) is 3.01. The summed E-state index contributed by atoms with van der Waals surface area (Å²) in [6.45, 7) is 2.26. The highest BCUT2D eigenvalue weighted by atomic mass is 35.5. The van der Waals surface area contributed by atoms with Crippen LogP contribution in [-0.4, -0.2) is 18.6 Å². The first kappa shape index (κ1) is 11.7. The van der Waals surface area contributed by atoms with Crippen molar-refractivity contribution in [1.82, 2.24) is 0 Å². The summed E-state index contributed by atoms with van der Waals surface area (Å²) < 4.78 is 4.77. The van der Waals surface area contributed by atoms with Crippen molar-refractivity contribution in [2.24, 2.45) is 11.7 Å². The first-order valence-electron chi connectivity index (χ1n) is 4.15. The number of rotatable bonds is 4. The van der Waals surface area contributed by atoms with Crippen molar-refractivity contribution >= 4 is 18.4 Å². The van der Waals surface area contributed by atoms with Crippen LogP contribution in [0.25, 0.3) is 0 Å². The van der Waals surface area contributed by atoms with Gasteiger partial charge in [-0.25, -0.2) is 0 Å². The molecule has 0 aliphatic heterocycles. The van der Waals surface area contributed by atoms with Crippen molar-refractivity contribution in [3.05, 3.63) is 0 Å². The molecule has 0 unspecified atom stereocenters. The van der Waals surface area contributed by atoms with E-state index in [1.165, 1.54) is 12.8 Å². The minimum Gasteiger partial charge on any atom is -0.466 e. The number of carbonyl (C=O) groups excluding carboxylic acids is 1. The molecule has 4 heteroatoms. The molecule has 0 spiro atoms. The molecule has 2 N–H and O–H groups in total. The topological polar surface area (TPSA) is 52.3 Å². The fourth-order valence-electron chi connectivity index (χ4n) is 1.10. The van der Waals surface area contributed by atoms with E-state index in [9.17, 15) is 4.79 Å². The Labute approximate surface area is 79.1 Å². The summed E-state index contributed by atoms with van der Waals surface area (Å²) in [6, 6.07) is 0.0362. The molecule has 1 aliphatic rings. The molecule has 0 amide bonds. The Balaban J connectivity index is 0.00000121. The number of nitrogens with two attached hydrogens (primary N) is 1. The number of halogens is 1. The van der Waals surface area contributed by atoms with Crippen molar-refractivity contribution in [2.45, 2.75) is 32.2 Å². The molecule has 1 atom stereocenters. The number of hydrogen-bond donors (Lipinski definition) is 1. The predicted molar refractivity (Wildman–Crippen MR) is 49.2 cm³/mol. The normalized spacial score (nSPS) is 17.8. The van der Waals surface area contributed by atoms with Crippen LogP contribution in [-0.2, 0) is 9.53 Å². The molecule has 0 bridgehead atoms. The summed E-state index contributed by atoms with van der Waals surface area (Å²) in [5, 5.41) is 0. The highest BCUT2D eigenvalue weighted by molar-refractivity contribution is 5.85. The Morgan fingerprint density at radius 3 is 2.67 bits per heavy atom. The van der Waals surface area contributed by atoms with Gasteiger partial charge in [0.2, 0.25) is 0 Å². The quantitative estimate of drug-likeness (QED) is 0.681. The van der Waals surface area contributed by atoms with E-state index in [-0.39, 0.29) is 24.4 Å². The average Bonchev–Trinajstić information content (AvgIpc) is 2.67. The van der Waals surface area contributed by atoms with Crippen molar-refractivity contribution in [2.75, 3.05) is 6.61 Å². The Morgan fingerprint density at radius 2 is 2.25 bits per heavy atom. The minimum absolute atomic E-state index is 0. The maximum absolute atomic E-state index is 10.9. The van der Waals surface area contributed by atoms with Gasteiger partial charge in [-0.05, 0) is 25.7 Å². The standard InChI is InChI=1S/C8H15NO2.ClH/c1-2-11-8(10)5-7(9)6-3-4-6;/h6-7H,2-5,9H2,1H3;1H/t7-;/m1./s1. The molecule has 0 heterocycles. The van der Waals surface area contributed by atoms with Crippen LogP contribution in [0.15, 0.2) is 0 Å². The van der Waals surface area contributed by atoms with E-state index >= 15 is 0 Å². The van der Waals surface area contributed by atoms with Gasteiger partial charge in [0.15, 0.2) is 0 Å². The molecule has 0 saturated heterocycles. The fraction of sp³-hybridized carbons (Fsp3) is 0.875. The zero-order valence-corrected chi connectivity index (χ0v) is 8.10. The molecule has 0 aromatic rings. The lowest BCUT2D eigenvalue weighted by atomic mass is 10.1. The molecule has 1 aliphatic carbocycles. The third kappa shape index (κ3) is 3.93. The second-order valence-electron chi connectivity index (χ2n) is 3.01. The lowest BCUT2D eigenvalue weighted by molar-refractivity contribution is -0.143. The molecular weight excluding hydrogens is 178 g/mol. The molecule has 3 nitrogen and oxygen atoms in total. The van der Waals surface area contributed by atoms with Crippen LogP contribution in [0, 0.1) is 5.92 Å². The smallest absolute Gasteiger partial charge is 0.307 e. The van der Waals surface area contributed by atoms with E-state index in [0.717, 1.165) is 0 Å². The SMILES string of the molecule is CCOC(=O)C[C@@H](N)C1CC1.Cl. The summed E-state index contributed by atoms with van der Waals surface area (Å²) in [5.74, 6) is 0.423. The van der Waals surface area contributed by atoms with Crippen LogP contribution >= 0.6 is 12.4 Å². The van der Waals surface area contributed by atoms with Crippen LogP contribution in [0.1, 0.15) is 26.2 Å². The first-order chi connectivity index (χ1) is 5.24. The van der Waals surface area contributed by atoms with Gasteiger partial charge in [0.05, 0.1) is 13.0 Å². The number of ether oxygens (including phenoxy) is 1. The summed E-state index contributed by atoms with van der Waals surface area (Å²) in [7, 11) is 0. The monoisotopic (exact) mass is 193 g/mol. The Morgan fingerprint density at radius 1 is 1.67 bits per heavy atom. The van der Waals surface area contributed by atoms with Gasteiger partial charge in [-0.3, -0.25) is 4.79 Å². The van der Waals surface area contributed by atoms with Gasteiger partial charge in [-0.1, -0.05) is 0 Å². The Kier molecular flexibility index (Phi) is 5.25. The van der Waals surface area contributed by atoms with Gasteiger partial charge in [-0.2, -0.15) is 0 Å². The van der Waals surface area contributed by atoms with Crippen molar-refractivity contribution < 1.29 is 9.53 Å². The van der Waals surface area contributed by atoms with E-state index in [1.807, 2.05) is 0 Å². The first-order valence-corrected chi connectivity index (χ1v) is 4.15. The molecule has 1 saturated carbocycles. The molecule has 0 radical (unpaired) electrons. The van der Waals surface area contributed by atoms with Gasteiger partial charge >= 0.3 is 5.97 Å². The largest absolute Gasteiger partial charge is 0.466 e. The van der Waals surface area contributed by atoms with Gasteiger partial charge in [0.25, 0.3) is 0 Å². The second kappa shape index (κ2) is 5.38. The van der Waals surface area contributed by atoms with Gasteiger partial charge in [-0.15, -0.1) is 12.4 Å². The van der Waals surface area contributed by atoms with Crippen molar-refractivity contribution in [1.29, 1.82) is 0 Å². The highest BCUT2D eigenvalue weighted by Crippen LogP contribution is 2.32.